The van der Waals surface area contributed by atoms with E-state index in [-0.39, 0.29) is 24.2 Å². The van der Waals surface area contributed by atoms with Gasteiger partial charge in [-0.1, -0.05) is 36.4 Å². The second kappa shape index (κ2) is 12.1. The number of nitrogens with one attached hydrogen (secondary N) is 2. The van der Waals surface area contributed by atoms with Gasteiger partial charge in [-0.2, -0.15) is 0 Å². The Hall–Kier alpha value is -5.55. The molecule has 3 aromatic carbocycles. The van der Waals surface area contributed by atoms with Gasteiger partial charge in [0.15, 0.2) is 11.7 Å². The Morgan fingerprint density at radius 3 is 2.53 bits per heavy atom. The van der Waals surface area contributed by atoms with E-state index in [9.17, 15) is 14.9 Å². The molecule has 0 unspecified atom stereocenters. The first-order valence-electron chi connectivity index (χ1n) is 13.4. The summed E-state index contributed by atoms with van der Waals surface area (Å²) in [5, 5.41) is 18.0. The summed E-state index contributed by atoms with van der Waals surface area (Å²) in [6.07, 6.45) is 1.72. The van der Waals surface area contributed by atoms with E-state index in [1.54, 1.807) is 48.7 Å². The van der Waals surface area contributed by atoms with Gasteiger partial charge in [-0.05, 0) is 72.9 Å². The van der Waals surface area contributed by atoms with Crippen molar-refractivity contribution in [2.75, 3.05) is 16.8 Å². The highest BCUT2D eigenvalue weighted by Gasteiger charge is 2.42. The third-order valence-corrected chi connectivity index (χ3v) is 7.21. The number of anilines is 2. The Bertz CT molecular complexity index is 1760. The van der Waals surface area contributed by atoms with Gasteiger partial charge in [0.1, 0.15) is 23.3 Å². The summed E-state index contributed by atoms with van der Waals surface area (Å²) in [7, 11) is 0. The minimum atomic E-state index is -0.437. The molecule has 2 aromatic heterocycles. The van der Waals surface area contributed by atoms with Crippen LogP contribution in [-0.2, 0) is 4.79 Å². The summed E-state index contributed by atoms with van der Waals surface area (Å²) in [5.74, 6) is 1.42. The van der Waals surface area contributed by atoms with Gasteiger partial charge in [0, 0.05) is 35.3 Å². The van der Waals surface area contributed by atoms with Crippen LogP contribution >= 0.6 is 12.2 Å². The number of hydrogen-bond donors (Lipinski definition) is 2. The standard InChI is InChI=1S/C32H25N5O5S/c38-29(20-41-25-9-2-1-3-10-25)34-22-12-14-23(15-13-22)36-31(30(35-32(36)43)26-11-4-5-18-33-26)28-17-16-27(42-28)21-7-6-8-24(19-21)37(39)40/h1-19,30-31H,20H2,(H,34,38)(H,35,43)/t30-,31+/m1/s1. The van der Waals surface area contributed by atoms with Crippen LogP contribution in [0.5, 0.6) is 5.75 Å². The molecule has 0 aliphatic carbocycles. The summed E-state index contributed by atoms with van der Waals surface area (Å²) in [5.41, 5.74) is 2.71. The molecule has 2 N–H and O–H groups in total. The molecule has 214 valence electrons. The second-order valence-corrected chi connectivity index (χ2v) is 10.1. The number of ether oxygens (including phenoxy) is 1. The quantitative estimate of drug-likeness (QED) is 0.113. The molecule has 1 aliphatic heterocycles. The van der Waals surface area contributed by atoms with Gasteiger partial charge >= 0.3 is 0 Å². The van der Waals surface area contributed by atoms with Crippen LogP contribution in [-0.4, -0.2) is 27.5 Å². The van der Waals surface area contributed by atoms with Gasteiger partial charge in [0.05, 0.1) is 16.7 Å². The van der Waals surface area contributed by atoms with Crippen molar-refractivity contribution in [3.63, 3.8) is 0 Å². The van der Waals surface area contributed by atoms with Crippen molar-refractivity contribution < 1.29 is 18.9 Å². The van der Waals surface area contributed by atoms with Crippen LogP contribution in [0, 0.1) is 10.1 Å². The summed E-state index contributed by atoms with van der Waals surface area (Å²) >= 11 is 5.79. The van der Waals surface area contributed by atoms with Crippen LogP contribution in [0.15, 0.2) is 120 Å². The Morgan fingerprint density at radius 1 is 1.00 bits per heavy atom. The third kappa shape index (κ3) is 6.07. The molecule has 0 spiro atoms. The maximum atomic E-state index is 12.5. The van der Waals surface area contributed by atoms with Crippen molar-refractivity contribution >= 4 is 40.3 Å². The Morgan fingerprint density at radius 2 is 1.79 bits per heavy atom. The first-order valence-corrected chi connectivity index (χ1v) is 13.8. The Kier molecular flexibility index (Phi) is 7.79. The molecule has 6 rings (SSSR count). The van der Waals surface area contributed by atoms with Gasteiger partial charge in [0.25, 0.3) is 11.6 Å². The number of non-ortho nitro benzene ring substituents is 1. The van der Waals surface area contributed by atoms with Crippen molar-refractivity contribution in [3.8, 4) is 17.1 Å². The van der Waals surface area contributed by atoms with Gasteiger partial charge in [-0.3, -0.25) is 19.9 Å². The molecule has 1 saturated heterocycles. The number of nitro groups is 1. The molecule has 0 radical (unpaired) electrons. The van der Waals surface area contributed by atoms with Crippen molar-refractivity contribution in [3.05, 3.63) is 137 Å². The number of amides is 1. The van der Waals surface area contributed by atoms with E-state index in [1.165, 1.54) is 12.1 Å². The lowest BCUT2D eigenvalue weighted by molar-refractivity contribution is -0.384. The van der Waals surface area contributed by atoms with Crippen molar-refractivity contribution in [2.24, 2.45) is 0 Å². The molecule has 0 bridgehead atoms. The zero-order valence-corrected chi connectivity index (χ0v) is 23.4. The molecule has 1 aliphatic rings. The molecule has 2 atom stereocenters. The SMILES string of the molecule is O=C(COc1ccccc1)Nc1ccc(N2C(=S)N[C@H](c3ccccn3)[C@@H]2c2ccc(-c3cccc([N+](=O)[O-])c3)o2)cc1. The monoisotopic (exact) mass is 591 g/mol. The fraction of sp³-hybridized carbons (Fsp3) is 0.0938. The van der Waals surface area contributed by atoms with Crippen molar-refractivity contribution in [1.29, 1.82) is 0 Å². The van der Waals surface area contributed by atoms with Gasteiger partial charge in [-0.25, -0.2) is 0 Å². The number of rotatable bonds is 9. The van der Waals surface area contributed by atoms with E-state index >= 15 is 0 Å². The number of nitro benzene ring substituents is 1. The summed E-state index contributed by atoms with van der Waals surface area (Å²) in [4.78, 5) is 29.8. The number of furan rings is 1. The predicted octanol–water partition coefficient (Wildman–Crippen LogP) is 6.44. The number of nitrogens with zero attached hydrogens (tertiary/aromatic N) is 3. The fourth-order valence-electron chi connectivity index (χ4n) is 4.93. The number of para-hydroxylation sites is 1. The van der Waals surface area contributed by atoms with Crippen molar-refractivity contribution in [1.82, 2.24) is 10.3 Å². The third-order valence-electron chi connectivity index (χ3n) is 6.90. The van der Waals surface area contributed by atoms with Crippen LogP contribution in [0.25, 0.3) is 11.3 Å². The average molecular weight is 592 g/mol. The lowest BCUT2D eigenvalue weighted by atomic mass is 10.0. The molecule has 43 heavy (non-hydrogen) atoms. The number of benzene rings is 3. The summed E-state index contributed by atoms with van der Waals surface area (Å²) < 4.78 is 11.9. The van der Waals surface area contributed by atoms with E-state index in [1.807, 2.05) is 59.5 Å². The lowest BCUT2D eigenvalue weighted by Crippen LogP contribution is -2.29. The molecular formula is C32H25N5O5S. The second-order valence-electron chi connectivity index (χ2n) is 9.70. The number of aromatic nitrogens is 1. The maximum absolute atomic E-state index is 12.5. The van der Waals surface area contributed by atoms with Crippen LogP contribution in [0.1, 0.15) is 23.5 Å². The van der Waals surface area contributed by atoms with Gasteiger partial charge in [-0.15, -0.1) is 0 Å². The molecule has 5 aromatic rings. The minimum absolute atomic E-state index is 0.0223. The van der Waals surface area contributed by atoms with Crippen LogP contribution < -0.4 is 20.3 Å². The minimum Gasteiger partial charge on any atom is -0.484 e. The highest BCUT2D eigenvalue weighted by atomic mass is 32.1. The van der Waals surface area contributed by atoms with Crippen LogP contribution in [0.2, 0.25) is 0 Å². The Labute approximate surface area is 252 Å². The van der Waals surface area contributed by atoms with E-state index in [4.69, 9.17) is 21.4 Å². The van der Waals surface area contributed by atoms with E-state index in [0.29, 0.717) is 33.6 Å². The normalized spacial score (nSPS) is 16.0. The number of carbonyl (C=O) groups excluding carboxylic acids is 1. The molecule has 10 nitrogen and oxygen atoms in total. The average Bonchev–Trinajstić information content (AvgIpc) is 3.66. The Balaban J connectivity index is 1.26. The smallest absolute Gasteiger partial charge is 0.270 e. The molecule has 3 heterocycles. The number of hydrogen-bond acceptors (Lipinski definition) is 7. The number of carbonyl (C=O) groups is 1. The van der Waals surface area contributed by atoms with Crippen molar-refractivity contribution in [2.45, 2.75) is 12.1 Å². The van der Waals surface area contributed by atoms with E-state index in [2.05, 4.69) is 15.6 Å². The highest BCUT2D eigenvalue weighted by Crippen LogP contribution is 2.43. The fourth-order valence-corrected chi connectivity index (χ4v) is 5.28. The van der Waals surface area contributed by atoms with E-state index in [0.717, 1.165) is 11.4 Å². The molecular weight excluding hydrogens is 566 g/mol. The number of pyridine rings is 1. The molecule has 1 fully saturated rings. The first-order chi connectivity index (χ1) is 21.0. The summed E-state index contributed by atoms with van der Waals surface area (Å²) in [6, 6.07) is 31.3. The lowest BCUT2D eigenvalue weighted by Gasteiger charge is -2.26. The highest BCUT2D eigenvalue weighted by molar-refractivity contribution is 7.80. The summed E-state index contributed by atoms with van der Waals surface area (Å²) in [6.45, 7) is -0.120. The predicted molar refractivity (Wildman–Crippen MR) is 166 cm³/mol. The topological polar surface area (TPSA) is 123 Å². The molecule has 1 amide bonds. The van der Waals surface area contributed by atoms with Gasteiger partial charge < -0.3 is 24.7 Å². The first kappa shape index (κ1) is 27.6. The molecule has 11 heteroatoms. The largest absolute Gasteiger partial charge is 0.484 e. The number of thiocarbonyl (C=S) groups is 1. The van der Waals surface area contributed by atoms with Crippen LogP contribution in [0.3, 0.4) is 0 Å². The van der Waals surface area contributed by atoms with E-state index < -0.39 is 11.0 Å². The zero-order chi connectivity index (χ0) is 29.8. The zero-order valence-electron chi connectivity index (χ0n) is 22.6. The molecule has 0 saturated carbocycles. The van der Waals surface area contributed by atoms with Gasteiger partial charge in [0.2, 0.25) is 0 Å². The van der Waals surface area contributed by atoms with Crippen LogP contribution in [0.4, 0.5) is 17.1 Å². The maximum Gasteiger partial charge on any atom is 0.270 e.